The Morgan fingerprint density at radius 1 is 1.14 bits per heavy atom. The molecule has 3 aromatic rings. The molecule has 0 saturated heterocycles. The second kappa shape index (κ2) is 6.84. The molecule has 1 aromatic heterocycles. The van der Waals surface area contributed by atoms with Crippen molar-refractivity contribution in [2.24, 2.45) is 0 Å². The Bertz CT molecular complexity index is 1070. The summed E-state index contributed by atoms with van der Waals surface area (Å²) in [5.41, 5.74) is 9.33. The maximum absolute atomic E-state index is 13.0. The van der Waals surface area contributed by atoms with Gasteiger partial charge in [-0.15, -0.1) is 13.2 Å². The van der Waals surface area contributed by atoms with Crippen molar-refractivity contribution in [3.63, 3.8) is 0 Å². The van der Waals surface area contributed by atoms with Crippen molar-refractivity contribution in [3.8, 4) is 11.4 Å². The minimum absolute atomic E-state index is 0.287. The van der Waals surface area contributed by atoms with Crippen LogP contribution >= 0.6 is 0 Å². The van der Waals surface area contributed by atoms with E-state index in [-0.39, 0.29) is 11.7 Å². The first-order chi connectivity index (χ1) is 13.7. The highest BCUT2D eigenvalue weighted by molar-refractivity contribution is 6.08. The summed E-state index contributed by atoms with van der Waals surface area (Å²) in [6.07, 6.45) is -2.61. The van der Waals surface area contributed by atoms with Crippen molar-refractivity contribution in [1.29, 1.82) is 0 Å². The van der Waals surface area contributed by atoms with Crippen molar-refractivity contribution in [1.82, 2.24) is 9.78 Å². The molecule has 4 rings (SSSR count). The molecular weight excluding hydrogens is 385 g/mol. The molecular formula is C20H17F3N4O2. The molecule has 1 aliphatic heterocycles. The van der Waals surface area contributed by atoms with Crippen LogP contribution in [0.3, 0.4) is 0 Å². The van der Waals surface area contributed by atoms with Crippen LogP contribution in [-0.4, -0.2) is 28.6 Å². The Labute approximate surface area is 164 Å². The van der Waals surface area contributed by atoms with Gasteiger partial charge in [0.05, 0.1) is 23.3 Å². The summed E-state index contributed by atoms with van der Waals surface area (Å²) in [6, 6.07) is 10.9. The van der Waals surface area contributed by atoms with Crippen LogP contribution in [0, 0.1) is 6.92 Å². The molecule has 0 unspecified atom stereocenters. The smallest absolute Gasteiger partial charge is 0.406 e. The largest absolute Gasteiger partial charge is 0.573 e. The fourth-order valence-electron chi connectivity index (χ4n) is 3.37. The van der Waals surface area contributed by atoms with Gasteiger partial charge in [-0.05, 0) is 61.4 Å². The average molecular weight is 402 g/mol. The maximum atomic E-state index is 13.0. The van der Waals surface area contributed by atoms with Crippen molar-refractivity contribution in [2.45, 2.75) is 19.7 Å². The molecule has 1 aliphatic rings. The van der Waals surface area contributed by atoms with Crippen molar-refractivity contribution in [3.05, 3.63) is 65.5 Å². The zero-order valence-corrected chi connectivity index (χ0v) is 15.4. The van der Waals surface area contributed by atoms with E-state index >= 15 is 0 Å². The first kappa shape index (κ1) is 18.9. The fraction of sp³-hybridized carbons (Fsp3) is 0.200. The van der Waals surface area contributed by atoms with Crippen LogP contribution in [0.4, 0.5) is 24.5 Å². The topological polar surface area (TPSA) is 73.4 Å². The molecule has 0 spiro atoms. The van der Waals surface area contributed by atoms with Crippen LogP contribution in [0.15, 0.2) is 48.7 Å². The lowest BCUT2D eigenvalue weighted by Crippen LogP contribution is -2.37. The third-order valence-corrected chi connectivity index (χ3v) is 4.71. The number of ether oxygens (including phenoxy) is 1. The number of carbonyl (C=O) groups excluding carboxylic acids is 1. The average Bonchev–Trinajstić information content (AvgIpc) is 3.03. The number of aromatic nitrogens is 2. The van der Waals surface area contributed by atoms with Gasteiger partial charge in [-0.2, -0.15) is 5.10 Å². The summed E-state index contributed by atoms with van der Waals surface area (Å²) < 4.78 is 42.9. The van der Waals surface area contributed by atoms with E-state index in [1.54, 1.807) is 34.8 Å². The highest BCUT2D eigenvalue weighted by atomic mass is 19.4. The highest BCUT2D eigenvalue weighted by Crippen LogP contribution is 2.31. The van der Waals surface area contributed by atoms with Gasteiger partial charge in [-0.1, -0.05) is 0 Å². The molecule has 2 aromatic carbocycles. The number of carbonyl (C=O) groups is 1. The molecule has 29 heavy (non-hydrogen) atoms. The Morgan fingerprint density at radius 2 is 1.86 bits per heavy atom. The zero-order valence-electron chi connectivity index (χ0n) is 15.4. The lowest BCUT2D eigenvalue weighted by molar-refractivity contribution is -0.274. The van der Waals surface area contributed by atoms with E-state index in [0.717, 1.165) is 11.8 Å². The van der Waals surface area contributed by atoms with Crippen molar-refractivity contribution < 1.29 is 22.7 Å². The second-order valence-corrected chi connectivity index (χ2v) is 6.71. The number of hydrogen-bond acceptors (Lipinski definition) is 4. The van der Waals surface area contributed by atoms with Crippen LogP contribution in [0.5, 0.6) is 5.75 Å². The first-order valence-corrected chi connectivity index (χ1v) is 8.84. The molecule has 0 saturated carbocycles. The number of hydrogen-bond donors (Lipinski definition) is 1. The molecule has 2 heterocycles. The lowest BCUT2D eigenvalue weighted by atomic mass is 9.98. The van der Waals surface area contributed by atoms with Gasteiger partial charge >= 0.3 is 6.36 Å². The van der Waals surface area contributed by atoms with E-state index < -0.39 is 6.36 Å². The number of nitrogens with two attached hydrogens (primary N) is 1. The molecule has 2 N–H and O–H groups in total. The summed E-state index contributed by atoms with van der Waals surface area (Å²) >= 11 is 0. The number of nitrogen functional groups attached to an aromatic ring is 1. The van der Waals surface area contributed by atoms with Gasteiger partial charge in [-0.25, -0.2) is 4.68 Å². The summed E-state index contributed by atoms with van der Waals surface area (Å²) in [4.78, 5) is 14.6. The maximum Gasteiger partial charge on any atom is 0.573 e. The Kier molecular flexibility index (Phi) is 4.45. The molecule has 0 bridgehead atoms. The molecule has 1 amide bonds. The molecule has 0 atom stereocenters. The van der Waals surface area contributed by atoms with Crippen molar-refractivity contribution >= 4 is 17.3 Å². The summed E-state index contributed by atoms with van der Waals surface area (Å²) in [5, 5.41) is 4.47. The minimum Gasteiger partial charge on any atom is -0.406 e. The van der Waals surface area contributed by atoms with E-state index in [0.29, 0.717) is 41.2 Å². The SMILES string of the molecule is Cc1nn(-c2ccc(N)cc2)cc1N1CCc2cc(OC(F)(F)F)ccc2C1=O. The normalized spacial score (nSPS) is 14.1. The molecule has 0 radical (unpaired) electrons. The van der Waals surface area contributed by atoms with Gasteiger partial charge in [0.25, 0.3) is 5.91 Å². The van der Waals surface area contributed by atoms with E-state index in [2.05, 4.69) is 9.84 Å². The van der Waals surface area contributed by atoms with Gasteiger partial charge in [0.2, 0.25) is 0 Å². The van der Waals surface area contributed by atoms with E-state index in [1.807, 2.05) is 12.1 Å². The van der Waals surface area contributed by atoms with E-state index in [9.17, 15) is 18.0 Å². The monoisotopic (exact) mass is 402 g/mol. The zero-order chi connectivity index (χ0) is 20.8. The number of nitrogens with zero attached hydrogens (tertiary/aromatic N) is 3. The predicted molar refractivity (Wildman–Crippen MR) is 101 cm³/mol. The number of rotatable bonds is 3. The number of benzene rings is 2. The van der Waals surface area contributed by atoms with Crippen LogP contribution < -0.4 is 15.4 Å². The molecule has 0 fully saturated rings. The Balaban J connectivity index is 1.62. The second-order valence-electron chi connectivity index (χ2n) is 6.71. The molecule has 0 aliphatic carbocycles. The van der Waals surface area contributed by atoms with Gasteiger partial charge < -0.3 is 15.4 Å². The van der Waals surface area contributed by atoms with Crippen molar-refractivity contribution in [2.75, 3.05) is 17.2 Å². The Hall–Kier alpha value is -3.49. The van der Waals surface area contributed by atoms with Gasteiger partial charge in [0.1, 0.15) is 5.75 Å². The van der Waals surface area contributed by atoms with Crippen LogP contribution in [0.1, 0.15) is 21.6 Å². The number of alkyl halides is 3. The van der Waals surface area contributed by atoms with E-state index in [1.165, 1.54) is 12.1 Å². The highest BCUT2D eigenvalue weighted by Gasteiger charge is 2.33. The molecule has 9 heteroatoms. The van der Waals surface area contributed by atoms with Gasteiger partial charge in [0, 0.05) is 17.8 Å². The number of amides is 1. The standard InChI is InChI=1S/C20H17F3N4O2/c1-12-18(11-27(25-12)15-4-2-14(24)3-5-15)26-9-8-13-10-16(29-20(21,22)23)6-7-17(13)19(26)28/h2-7,10-11H,8-9,24H2,1H3. The van der Waals surface area contributed by atoms with Crippen LogP contribution in [-0.2, 0) is 6.42 Å². The first-order valence-electron chi connectivity index (χ1n) is 8.84. The Morgan fingerprint density at radius 3 is 2.55 bits per heavy atom. The third-order valence-electron chi connectivity index (χ3n) is 4.71. The number of fused-ring (bicyclic) bond motifs is 1. The molecule has 6 nitrogen and oxygen atoms in total. The van der Waals surface area contributed by atoms with E-state index in [4.69, 9.17) is 5.73 Å². The minimum atomic E-state index is -4.77. The summed E-state index contributed by atoms with van der Waals surface area (Å²) in [6.45, 7) is 2.13. The molecule has 150 valence electrons. The number of anilines is 2. The van der Waals surface area contributed by atoms with Gasteiger partial charge in [-0.3, -0.25) is 4.79 Å². The lowest BCUT2D eigenvalue weighted by Gasteiger charge is -2.28. The van der Waals surface area contributed by atoms with Crippen LogP contribution in [0.2, 0.25) is 0 Å². The van der Waals surface area contributed by atoms with Gasteiger partial charge in [0.15, 0.2) is 0 Å². The summed E-state index contributed by atoms with van der Waals surface area (Å²) in [5.74, 6) is -0.616. The fourth-order valence-corrected chi connectivity index (χ4v) is 3.37. The quantitative estimate of drug-likeness (QED) is 0.675. The predicted octanol–water partition coefficient (Wildman–Crippen LogP) is 3.86. The number of halogens is 3. The number of aryl methyl sites for hydroxylation is 1. The van der Waals surface area contributed by atoms with Crippen LogP contribution in [0.25, 0.3) is 5.69 Å². The third kappa shape index (κ3) is 3.75. The summed E-state index contributed by atoms with van der Waals surface area (Å²) in [7, 11) is 0.